The van der Waals surface area contributed by atoms with Gasteiger partial charge in [-0.2, -0.15) is 5.48 Å². The van der Waals surface area contributed by atoms with Crippen molar-refractivity contribution in [3.63, 3.8) is 0 Å². The smallest absolute Gasteiger partial charge is 0.249 e. The first-order valence-electron chi connectivity index (χ1n) is 5.18. The van der Waals surface area contributed by atoms with Crippen LogP contribution in [-0.2, 0) is 4.79 Å². The predicted octanol–water partition coefficient (Wildman–Crippen LogP) is 2.90. The Bertz CT molecular complexity index is 497. The van der Waals surface area contributed by atoms with Crippen LogP contribution in [0.5, 0.6) is 5.75 Å². The van der Waals surface area contributed by atoms with Crippen molar-refractivity contribution >= 4 is 29.1 Å². The molecule has 0 aliphatic heterocycles. The van der Waals surface area contributed by atoms with Gasteiger partial charge in [0.25, 0.3) is 0 Å². The number of nitrogens with zero attached hydrogens (tertiary/aromatic N) is 2. The van der Waals surface area contributed by atoms with Gasteiger partial charge in [0.2, 0.25) is 5.91 Å². The summed E-state index contributed by atoms with van der Waals surface area (Å²) in [6.07, 6.45) is 4.88. The minimum Gasteiger partial charge on any atom is -0.378 e. The molecule has 0 atom stereocenters. The Labute approximate surface area is 120 Å². The van der Waals surface area contributed by atoms with Gasteiger partial charge in [-0.05, 0) is 24.3 Å². The van der Waals surface area contributed by atoms with E-state index in [0.29, 0.717) is 15.8 Å². The summed E-state index contributed by atoms with van der Waals surface area (Å²) in [5, 5.41) is 0.862. The zero-order valence-corrected chi connectivity index (χ0v) is 11.5. The molecule has 1 N–H and O–H groups in total. The first kappa shape index (κ1) is 15.2. The number of hydrogen-bond acceptors (Lipinski definition) is 4. The van der Waals surface area contributed by atoms with Crippen LogP contribution in [0.3, 0.4) is 0 Å². The van der Waals surface area contributed by atoms with Crippen molar-refractivity contribution in [2.75, 3.05) is 0 Å². The summed E-state index contributed by atoms with van der Waals surface area (Å²) >= 11 is 11.4. The van der Waals surface area contributed by atoms with E-state index in [4.69, 9.17) is 28.0 Å². The van der Waals surface area contributed by atoms with Gasteiger partial charge in [0, 0.05) is 24.3 Å². The van der Waals surface area contributed by atoms with E-state index in [1.54, 1.807) is 30.6 Å². The molecule has 0 saturated carbocycles. The molecule has 1 heterocycles. The molecular formula is C12H11Cl2N3O2. The molecule has 0 saturated heterocycles. The van der Waals surface area contributed by atoms with Gasteiger partial charge >= 0.3 is 0 Å². The molecule has 19 heavy (non-hydrogen) atoms. The molecule has 5 nitrogen and oxygen atoms in total. The number of benzene rings is 1. The molecule has 7 heteroatoms. The van der Waals surface area contributed by atoms with Crippen LogP contribution in [0.2, 0.25) is 10.0 Å². The maximum atomic E-state index is 10.5. The van der Waals surface area contributed by atoms with Crippen molar-refractivity contribution in [1.29, 1.82) is 0 Å². The molecule has 1 aromatic heterocycles. The monoisotopic (exact) mass is 299 g/mol. The minimum atomic E-state index is -0.300. The minimum absolute atomic E-state index is 0.300. The second-order valence-electron chi connectivity index (χ2n) is 3.24. The first-order chi connectivity index (χ1) is 9.09. The molecule has 0 spiro atoms. The van der Waals surface area contributed by atoms with Crippen LogP contribution in [0.15, 0.2) is 43.0 Å². The van der Waals surface area contributed by atoms with Crippen molar-refractivity contribution in [3.05, 3.63) is 53.0 Å². The maximum Gasteiger partial charge on any atom is 0.249 e. The third-order valence-corrected chi connectivity index (χ3v) is 2.21. The quantitative estimate of drug-likeness (QED) is 0.866. The average Bonchev–Trinajstić information content (AvgIpc) is 2.40. The Morgan fingerprint density at radius 2 is 1.95 bits per heavy atom. The number of amides is 1. The lowest BCUT2D eigenvalue weighted by molar-refractivity contribution is -0.125. The first-order valence-corrected chi connectivity index (χ1v) is 5.93. The summed E-state index contributed by atoms with van der Waals surface area (Å²) in [6.45, 7) is 1.34. The summed E-state index contributed by atoms with van der Waals surface area (Å²) in [7, 11) is 0. The van der Waals surface area contributed by atoms with Gasteiger partial charge in [-0.25, -0.2) is 9.97 Å². The van der Waals surface area contributed by atoms with Crippen LogP contribution >= 0.6 is 23.2 Å². The number of nitrogens with one attached hydrogen (secondary N) is 1. The Balaban J connectivity index is 0.000000250. The molecule has 0 unspecified atom stereocenters. The molecule has 1 amide bonds. The fraction of sp³-hybridized carbons (Fsp3) is 0.0833. The second-order valence-corrected chi connectivity index (χ2v) is 4.08. The fourth-order valence-electron chi connectivity index (χ4n) is 0.938. The van der Waals surface area contributed by atoms with Crippen LogP contribution in [0.4, 0.5) is 0 Å². The maximum absolute atomic E-state index is 10.5. The largest absolute Gasteiger partial charge is 0.378 e. The summed E-state index contributed by atoms with van der Waals surface area (Å²) < 4.78 is 0. The number of carbonyl (C=O) groups excluding carboxylic acids is 1. The van der Waals surface area contributed by atoms with Gasteiger partial charge < -0.3 is 4.84 Å². The van der Waals surface area contributed by atoms with E-state index in [1.165, 1.54) is 19.3 Å². The van der Waals surface area contributed by atoms with Crippen LogP contribution in [0.1, 0.15) is 6.92 Å². The Hall–Kier alpha value is -1.85. The van der Waals surface area contributed by atoms with E-state index in [-0.39, 0.29) is 5.91 Å². The zero-order valence-electron chi connectivity index (χ0n) is 10.0. The molecule has 2 rings (SSSR count). The molecule has 1 aromatic carbocycles. The van der Waals surface area contributed by atoms with Crippen molar-refractivity contribution in [2.45, 2.75) is 6.92 Å². The Kier molecular flexibility index (Phi) is 6.63. The van der Waals surface area contributed by atoms with Crippen molar-refractivity contribution in [3.8, 4) is 5.75 Å². The number of carbonyl (C=O) groups is 1. The molecule has 0 bridgehead atoms. The number of hydrogen-bond donors (Lipinski definition) is 1. The molecule has 0 fully saturated rings. The van der Waals surface area contributed by atoms with Crippen LogP contribution in [0, 0.1) is 0 Å². The second kappa shape index (κ2) is 8.29. The topological polar surface area (TPSA) is 64.1 Å². The van der Waals surface area contributed by atoms with Gasteiger partial charge in [-0.3, -0.25) is 4.79 Å². The summed E-state index contributed by atoms with van der Waals surface area (Å²) in [6, 6.07) is 6.49. The number of halogens is 2. The molecule has 0 radical (unpaired) electrons. The van der Waals surface area contributed by atoms with Crippen LogP contribution < -0.4 is 10.3 Å². The normalized spacial score (nSPS) is 9.00. The van der Waals surface area contributed by atoms with E-state index in [9.17, 15) is 4.79 Å². The highest BCUT2D eigenvalue weighted by Crippen LogP contribution is 2.26. The number of rotatable bonds is 2. The standard InChI is InChI=1S/C8H7Cl2NO2.C4H4N2/c1-5(12)11-13-8-3-2-6(9)4-7(8)10;1-2-5-4-6-3-1/h2-4H,1H3,(H,11,12);1-4H. The number of hydroxylamine groups is 1. The lowest BCUT2D eigenvalue weighted by Gasteiger charge is -2.06. The van der Waals surface area contributed by atoms with Crippen molar-refractivity contribution in [2.24, 2.45) is 0 Å². The van der Waals surface area contributed by atoms with Gasteiger partial charge in [-0.1, -0.05) is 23.2 Å². The third-order valence-electron chi connectivity index (χ3n) is 1.68. The Morgan fingerprint density at radius 1 is 1.26 bits per heavy atom. The van der Waals surface area contributed by atoms with Gasteiger partial charge in [0.15, 0.2) is 5.75 Å². The highest BCUT2D eigenvalue weighted by atomic mass is 35.5. The molecular weight excluding hydrogens is 289 g/mol. The summed E-state index contributed by atoms with van der Waals surface area (Å²) in [4.78, 5) is 22.7. The van der Waals surface area contributed by atoms with E-state index in [1.807, 2.05) is 0 Å². The van der Waals surface area contributed by atoms with E-state index in [0.717, 1.165) is 0 Å². The SMILES string of the molecule is CC(=O)NOc1ccc(Cl)cc1Cl.c1cncnc1. The van der Waals surface area contributed by atoms with Gasteiger partial charge in [0.05, 0.1) is 5.02 Å². The molecule has 2 aromatic rings. The van der Waals surface area contributed by atoms with Crippen molar-refractivity contribution in [1.82, 2.24) is 15.4 Å². The van der Waals surface area contributed by atoms with E-state index < -0.39 is 0 Å². The van der Waals surface area contributed by atoms with E-state index >= 15 is 0 Å². The number of aromatic nitrogens is 2. The zero-order chi connectivity index (χ0) is 14.1. The molecule has 0 aliphatic rings. The third kappa shape index (κ3) is 6.59. The summed E-state index contributed by atoms with van der Waals surface area (Å²) in [5.74, 6) is 0.0623. The molecule has 0 aliphatic carbocycles. The van der Waals surface area contributed by atoms with Crippen LogP contribution in [-0.4, -0.2) is 15.9 Å². The lowest BCUT2D eigenvalue weighted by Crippen LogP contribution is -2.23. The van der Waals surface area contributed by atoms with E-state index in [2.05, 4.69) is 15.4 Å². The van der Waals surface area contributed by atoms with Crippen molar-refractivity contribution < 1.29 is 9.63 Å². The predicted molar refractivity (Wildman–Crippen MR) is 72.9 cm³/mol. The van der Waals surface area contributed by atoms with Gasteiger partial charge in [0.1, 0.15) is 6.33 Å². The molecule has 100 valence electrons. The summed E-state index contributed by atoms with van der Waals surface area (Å²) in [5.41, 5.74) is 2.16. The van der Waals surface area contributed by atoms with Crippen LogP contribution in [0.25, 0.3) is 0 Å². The fourth-order valence-corrected chi connectivity index (χ4v) is 1.39. The van der Waals surface area contributed by atoms with Gasteiger partial charge in [-0.15, -0.1) is 0 Å². The Morgan fingerprint density at radius 3 is 2.37 bits per heavy atom. The highest BCUT2D eigenvalue weighted by molar-refractivity contribution is 6.35. The lowest BCUT2D eigenvalue weighted by atomic mass is 10.3. The highest BCUT2D eigenvalue weighted by Gasteiger charge is 2.02. The average molecular weight is 300 g/mol.